The Kier molecular flexibility index (Phi) is 3.84. The standard InChI is InChI=1S/C16H20N2O3/c1-3-18-15(14(20-2)10-17-18)16(19)12-8-9-21-13-7-5-4-6-11(12)13/h4-7,10,12,16,19H,3,8-9H2,1-2H3. The molecule has 1 N–H and O–H groups in total. The Morgan fingerprint density at radius 3 is 3.05 bits per heavy atom. The third-order valence-corrected chi connectivity index (χ3v) is 4.03. The maximum Gasteiger partial charge on any atom is 0.162 e. The number of para-hydroxylation sites is 1. The van der Waals surface area contributed by atoms with Gasteiger partial charge in [0.05, 0.1) is 19.9 Å². The van der Waals surface area contributed by atoms with E-state index in [9.17, 15) is 5.11 Å². The fourth-order valence-electron chi connectivity index (χ4n) is 2.97. The highest BCUT2D eigenvalue weighted by molar-refractivity contribution is 5.40. The summed E-state index contributed by atoms with van der Waals surface area (Å²) >= 11 is 0. The van der Waals surface area contributed by atoms with Crippen LogP contribution in [0.3, 0.4) is 0 Å². The van der Waals surface area contributed by atoms with Crippen molar-refractivity contribution in [1.82, 2.24) is 9.78 Å². The predicted octanol–water partition coefficient (Wildman–Crippen LogP) is 2.51. The first kappa shape index (κ1) is 13.9. The summed E-state index contributed by atoms with van der Waals surface area (Å²) in [6.07, 6.45) is 1.77. The van der Waals surface area contributed by atoms with Crippen LogP contribution in [0.1, 0.15) is 36.6 Å². The zero-order valence-electron chi connectivity index (χ0n) is 12.3. The third kappa shape index (κ3) is 2.38. The Balaban J connectivity index is 2.00. The van der Waals surface area contributed by atoms with Gasteiger partial charge in [0.15, 0.2) is 5.75 Å². The first-order chi connectivity index (χ1) is 10.3. The number of aromatic nitrogens is 2. The molecule has 0 saturated heterocycles. The van der Waals surface area contributed by atoms with Gasteiger partial charge in [0.1, 0.15) is 17.5 Å². The van der Waals surface area contributed by atoms with Gasteiger partial charge in [-0.3, -0.25) is 4.68 Å². The van der Waals surface area contributed by atoms with Crippen molar-refractivity contribution in [2.75, 3.05) is 13.7 Å². The molecule has 3 rings (SSSR count). The summed E-state index contributed by atoms with van der Waals surface area (Å²) in [5.41, 5.74) is 1.78. The number of fused-ring (bicyclic) bond motifs is 1. The Hall–Kier alpha value is -2.01. The molecule has 0 spiro atoms. The van der Waals surface area contributed by atoms with E-state index >= 15 is 0 Å². The fourth-order valence-corrected chi connectivity index (χ4v) is 2.97. The number of hydrogen-bond acceptors (Lipinski definition) is 4. The zero-order chi connectivity index (χ0) is 14.8. The molecule has 5 nitrogen and oxygen atoms in total. The average molecular weight is 288 g/mol. The molecule has 0 saturated carbocycles. The lowest BCUT2D eigenvalue weighted by Gasteiger charge is -2.30. The number of aryl methyl sites for hydroxylation is 1. The molecule has 112 valence electrons. The largest absolute Gasteiger partial charge is 0.493 e. The number of hydrogen-bond donors (Lipinski definition) is 1. The van der Waals surface area contributed by atoms with Gasteiger partial charge in [0.2, 0.25) is 0 Å². The van der Waals surface area contributed by atoms with Gasteiger partial charge in [0.25, 0.3) is 0 Å². The molecule has 2 unspecified atom stereocenters. The second kappa shape index (κ2) is 5.77. The van der Waals surface area contributed by atoms with E-state index in [2.05, 4.69) is 5.10 Å². The van der Waals surface area contributed by atoms with Crippen molar-refractivity contribution in [3.63, 3.8) is 0 Å². The van der Waals surface area contributed by atoms with Crippen molar-refractivity contribution in [1.29, 1.82) is 0 Å². The number of methoxy groups -OCH3 is 1. The molecule has 0 amide bonds. The molecule has 0 fully saturated rings. The highest BCUT2D eigenvalue weighted by atomic mass is 16.5. The lowest BCUT2D eigenvalue weighted by molar-refractivity contribution is 0.106. The van der Waals surface area contributed by atoms with E-state index in [4.69, 9.17) is 9.47 Å². The lowest BCUT2D eigenvalue weighted by atomic mass is 9.86. The Bertz CT molecular complexity index is 602. The van der Waals surface area contributed by atoms with Crippen molar-refractivity contribution in [2.24, 2.45) is 0 Å². The highest BCUT2D eigenvalue weighted by Gasteiger charge is 2.32. The van der Waals surface area contributed by atoms with Crippen molar-refractivity contribution >= 4 is 0 Å². The van der Waals surface area contributed by atoms with E-state index < -0.39 is 6.10 Å². The van der Waals surface area contributed by atoms with Crippen molar-refractivity contribution in [3.05, 3.63) is 41.7 Å². The summed E-state index contributed by atoms with van der Waals surface area (Å²) in [6.45, 7) is 3.31. The summed E-state index contributed by atoms with van der Waals surface area (Å²) in [5, 5.41) is 15.2. The first-order valence-corrected chi connectivity index (χ1v) is 7.25. The van der Waals surface area contributed by atoms with Gasteiger partial charge in [-0.15, -0.1) is 0 Å². The van der Waals surface area contributed by atoms with Crippen LogP contribution < -0.4 is 9.47 Å². The van der Waals surface area contributed by atoms with Gasteiger partial charge in [-0.25, -0.2) is 0 Å². The van der Waals surface area contributed by atoms with E-state index in [0.717, 1.165) is 23.4 Å². The van der Waals surface area contributed by atoms with Crippen LogP contribution in [-0.2, 0) is 6.54 Å². The quantitative estimate of drug-likeness (QED) is 0.939. The van der Waals surface area contributed by atoms with Crippen LogP contribution >= 0.6 is 0 Å². The number of aliphatic hydroxyl groups excluding tert-OH is 1. The fraction of sp³-hybridized carbons (Fsp3) is 0.438. The number of ether oxygens (including phenoxy) is 2. The summed E-state index contributed by atoms with van der Waals surface area (Å²) in [7, 11) is 1.60. The van der Waals surface area contributed by atoms with Gasteiger partial charge in [-0.1, -0.05) is 18.2 Å². The summed E-state index contributed by atoms with van der Waals surface area (Å²) in [4.78, 5) is 0. The van der Waals surface area contributed by atoms with Crippen molar-refractivity contribution in [2.45, 2.75) is 31.9 Å². The van der Waals surface area contributed by atoms with Crippen LogP contribution in [0.4, 0.5) is 0 Å². The van der Waals surface area contributed by atoms with E-state index in [0.29, 0.717) is 18.9 Å². The second-order valence-electron chi connectivity index (χ2n) is 5.14. The molecule has 5 heteroatoms. The van der Waals surface area contributed by atoms with Gasteiger partial charge in [-0.05, 0) is 19.4 Å². The minimum absolute atomic E-state index is 0.00847. The topological polar surface area (TPSA) is 56.5 Å². The summed E-state index contributed by atoms with van der Waals surface area (Å²) in [6, 6.07) is 7.89. The van der Waals surface area contributed by atoms with Gasteiger partial charge in [-0.2, -0.15) is 5.10 Å². The Morgan fingerprint density at radius 2 is 2.29 bits per heavy atom. The van der Waals surface area contributed by atoms with Crippen LogP contribution in [0.5, 0.6) is 11.5 Å². The molecule has 0 radical (unpaired) electrons. The number of benzene rings is 1. The molecule has 1 aliphatic heterocycles. The van der Waals surface area contributed by atoms with Gasteiger partial charge in [0, 0.05) is 18.0 Å². The van der Waals surface area contributed by atoms with Crippen molar-refractivity contribution in [3.8, 4) is 11.5 Å². The Labute approximate surface area is 124 Å². The molecule has 0 aliphatic carbocycles. The van der Waals surface area contributed by atoms with Gasteiger partial charge >= 0.3 is 0 Å². The number of aliphatic hydroxyl groups is 1. The molecular weight excluding hydrogens is 268 g/mol. The minimum atomic E-state index is -0.660. The van der Waals surface area contributed by atoms with E-state index in [-0.39, 0.29) is 5.92 Å². The van der Waals surface area contributed by atoms with Crippen LogP contribution in [0.2, 0.25) is 0 Å². The highest BCUT2D eigenvalue weighted by Crippen LogP contribution is 2.43. The SMILES string of the molecule is CCn1ncc(OC)c1C(O)C1CCOc2ccccc21. The summed E-state index contributed by atoms with van der Waals surface area (Å²) in [5.74, 6) is 1.48. The molecule has 1 aliphatic rings. The van der Waals surface area contributed by atoms with Crippen LogP contribution in [-0.4, -0.2) is 28.6 Å². The molecule has 0 bridgehead atoms. The maximum absolute atomic E-state index is 10.9. The average Bonchev–Trinajstić information content (AvgIpc) is 2.96. The molecule has 2 aromatic rings. The maximum atomic E-state index is 10.9. The summed E-state index contributed by atoms with van der Waals surface area (Å²) < 4.78 is 12.8. The number of rotatable bonds is 4. The van der Waals surface area contributed by atoms with Crippen LogP contribution in [0, 0.1) is 0 Å². The van der Waals surface area contributed by atoms with Crippen molar-refractivity contribution < 1.29 is 14.6 Å². The van der Waals surface area contributed by atoms with E-state index in [1.807, 2.05) is 31.2 Å². The molecule has 1 aromatic carbocycles. The van der Waals surface area contributed by atoms with Crippen LogP contribution in [0.15, 0.2) is 30.5 Å². The van der Waals surface area contributed by atoms with E-state index in [1.165, 1.54) is 0 Å². The van der Waals surface area contributed by atoms with Gasteiger partial charge < -0.3 is 14.6 Å². The van der Waals surface area contributed by atoms with Crippen LogP contribution in [0.25, 0.3) is 0 Å². The predicted molar refractivity (Wildman–Crippen MR) is 78.7 cm³/mol. The number of nitrogens with zero attached hydrogens (tertiary/aromatic N) is 2. The molecule has 21 heavy (non-hydrogen) atoms. The first-order valence-electron chi connectivity index (χ1n) is 7.25. The molecular formula is C16H20N2O3. The smallest absolute Gasteiger partial charge is 0.162 e. The molecule has 2 heterocycles. The third-order valence-electron chi connectivity index (χ3n) is 4.03. The molecule has 1 aromatic heterocycles. The molecule has 2 atom stereocenters. The minimum Gasteiger partial charge on any atom is -0.493 e. The Morgan fingerprint density at radius 1 is 1.48 bits per heavy atom. The van der Waals surface area contributed by atoms with E-state index in [1.54, 1.807) is 18.0 Å². The zero-order valence-corrected chi connectivity index (χ0v) is 12.3. The monoisotopic (exact) mass is 288 g/mol. The lowest BCUT2D eigenvalue weighted by Crippen LogP contribution is -2.22. The normalized spacial score (nSPS) is 18.7. The second-order valence-corrected chi connectivity index (χ2v) is 5.14.